The predicted octanol–water partition coefficient (Wildman–Crippen LogP) is 3.54. The summed E-state index contributed by atoms with van der Waals surface area (Å²) in [5.74, 6) is 1.85. The Hall–Kier alpha value is -2.15. The van der Waals surface area contributed by atoms with E-state index < -0.39 is 0 Å². The van der Waals surface area contributed by atoms with Gasteiger partial charge in [-0.1, -0.05) is 36.7 Å². The normalized spacial score (nSPS) is 17.3. The van der Waals surface area contributed by atoms with E-state index in [0.29, 0.717) is 30.0 Å². The van der Waals surface area contributed by atoms with E-state index in [4.69, 9.17) is 9.47 Å². The number of carbonyl (C=O) groups is 1. The van der Waals surface area contributed by atoms with Gasteiger partial charge in [-0.05, 0) is 30.5 Å². The molecule has 132 valence electrons. The number of nitrogens with one attached hydrogen (secondary N) is 1. The largest absolute Gasteiger partial charge is 0.486 e. The van der Waals surface area contributed by atoms with Crippen molar-refractivity contribution in [3.05, 3.63) is 28.8 Å². The second-order valence-electron chi connectivity index (χ2n) is 6.48. The van der Waals surface area contributed by atoms with Crippen molar-refractivity contribution in [3.63, 3.8) is 0 Å². The summed E-state index contributed by atoms with van der Waals surface area (Å²) in [5, 5.41) is 12.9. The molecule has 2 aromatic rings. The highest BCUT2D eigenvalue weighted by molar-refractivity contribution is 7.15. The Morgan fingerprint density at radius 2 is 1.92 bits per heavy atom. The minimum Gasteiger partial charge on any atom is -0.486 e. The zero-order chi connectivity index (χ0) is 17.1. The first-order valence-corrected chi connectivity index (χ1v) is 9.61. The summed E-state index contributed by atoms with van der Waals surface area (Å²) in [6, 6.07) is 5.60. The second kappa shape index (κ2) is 7.39. The molecule has 1 aromatic carbocycles. The first-order valence-electron chi connectivity index (χ1n) is 8.80. The summed E-state index contributed by atoms with van der Waals surface area (Å²) in [6.45, 7) is 1.10. The average Bonchev–Trinajstić information content (AvgIpc) is 3.10. The quantitative estimate of drug-likeness (QED) is 0.904. The predicted molar refractivity (Wildman–Crippen MR) is 95.5 cm³/mol. The van der Waals surface area contributed by atoms with Gasteiger partial charge >= 0.3 is 0 Å². The van der Waals surface area contributed by atoms with E-state index in [0.717, 1.165) is 16.3 Å². The van der Waals surface area contributed by atoms with Crippen LogP contribution in [0.4, 0.5) is 5.13 Å². The highest BCUT2D eigenvalue weighted by atomic mass is 32.1. The van der Waals surface area contributed by atoms with Crippen LogP contribution in [0.2, 0.25) is 0 Å². The summed E-state index contributed by atoms with van der Waals surface area (Å²) < 4.78 is 11.1. The van der Waals surface area contributed by atoms with Crippen LogP contribution in [0.3, 0.4) is 0 Å². The van der Waals surface area contributed by atoms with Crippen LogP contribution in [0.25, 0.3) is 0 Å². The first kappa shape index (κ1) is 16.3. The van der Waals surface area contributed by atoms with Crippen molar-refractivity contribution in [1.29, 1.82) is 0 Å². The molecule has 1 aliphatic carbocycles. The van der Waals surface area contributed by atoms with E-state index in [1.165, 1.54) is 43.4 Å². The number of nitrogens with zero attached hydrogens (tertiary/aromatic N) is 2. The summed E-state index contributed by atoms with van der Waals surface area (Å²) in [6.07, 6.45) is 6.47. The van der Waals surface area contributed by atoms with Crippen molar-refractivity contribution in [2.24, 2.45) is 0 Å². The van der Waals surface area contributed by atoms with Crippen LogP contribution in [0.5, 0.6) is 11.5 Å². The molecule has 4 rings (SSSR count). The molecular formula is C18H21N3O3S. The highest BCUT2D eigenvalue weighted by Gasteiger charge is 2.20. The number of hydrogen-bond donors (Lipinski definition) is 1. The maximum atomic E-state index is 12.3. The van der Waals surface area contributed by atoms with Gasteiger partial charge in [-0.2, -0.15) is 0 Å². The number of carbonyl (C=O) groups excluding carboxylic acids is 1. The number of amides is 1. The number of ether oxygens (including phenoxy) is 2. The zero-order valence-corrected chi connectivity index (χ0v) is 14.8. The lowest BCUT2D eigenvalue weighted by Gasteiger charge is -2.18. The molecule has 1 saturated carbocycles. The number of benzene rings is 1. The van der Waals surface area contributed by atoms with Gasteiger partial charge in [0, 0.05) is 5.92 Å². The van der Waals surface area contributed by atoms with E-state index in [1.54, 1.807) is 0 Å². The van der Waals surface area contributed by atoms with Crippen molar-refractivity contribution in [3.8, 4) is 11.5 Å². The number of anilines is 1. The van der Waals surface area contributed by atoms with Gasteiger partial charge < -0.3 is 14.8 Å². The van der Waals surface area contributed by atoms with Crippen LogP contribution in [0.1, 0.15) is 48.6 Å². The van der Waals surface area contributed by atoms with E-state index in [2.05, 4.69) is 15.5 Å². The van der Waals surface area contributed by atoms with Crippen LogP contribution >= 0.6 is 11.3 Å². The Kier molecular flexibility index (Phi) is 4.83. The standard InChI is InChI=1S/C18H21N3O3S/c22-16(11-12-6-7-14-15(10-12)24-9-8-23-14)19-18-21-20-17(25-18)13-4-2-1-3-5-13/h6-7,10,13H,1-5,8-9,11H2,(H,19,21,22). The Morgan fingerprint density at radius 3 is 2.76 bits per heavy atom. The molecule has 25 heavy (non-hydrogen) atoms. The zero-order valence-electron chi connectivity index (χ0n) is 14.0. The SMILES string of the molecule is O=C(Cc1ccc2c(c1)OCCO2)Nc1nnc(C2CCCCC2)s1. The molecule has 0 unspecified atom stereocenters. The average molecular weight is 359 g/mol. The Bertz CT molecular complexity index is 756. The molecule has 0 spiro atoms. The minimum atomic E-state index is -0.0944. The smallest absolute Gasteiger partial charge is 0.230 e. The van der Waals surface area contributed by atoms with Crippen LogP contribution in [-0.4, -0.2) is 29.3 Å². The van der Waals surface area contributed by atoms with Gasteiger partial charge in [0.25, 0.3) is 0 Å². The fourth-order valence-electron chi connectivity index (χ4n) is 3.35. The maximum Gasteiger partial charge on any atom is 0.230 e. The van der Waals surface area contributed by atoms with Crippen LogP contribution in [0.15, 0.2) is 18.2 Å². The second-order valence-corrected chi connectivity index (χ2v) is 7.49. The molecule has 1 N–H and O–H groups in total. The molecule has 6 nitrogen and oxygen atoms in total. The molecule has 1 fully saturated rings. The summed E-state index contributed by atoms with van der Waals surface area (Å²) in [4.78, 5) is 12.3. The molecule has 1 aliphatic heterocycles. The fraction of sp³-hybridized carbons (Fsp3) is 0.500. The summed E-state index contributed by atoms with van der Waals surface area (Å²) in [5.41, 5.74) is 0.888. The highest BCUT2D eigenvalue weighted by Crippen LogP contribution is 2.35. The molecule has 2 heterocycles. The first-order chi connectivity index (χ1) is 12.3. The summed E-state index contributed by atoms with van der Waals surface area (Å²) >= 11 is 1.50. The topological polar surface area (TPSA) is 73.3 Å². The van der Waals surface area contributed by atoms with Crippen LogP contribution in [-0.2, 0) is 11.2 Å². The van der Waals surface area contributed by atoms with Crippen LogP contribution < -0.4 is 14.8 Å². The third-order valence-electron chi connectivity index (χ3n) is 4.61. The third-order valence-corrected chi connectivity index (χ3v) is 5.61. The molecule has 0 bridgehead atoms. The van der Waals surface area contributed by atoms with Gasteiger partial charge in [0.2, 0.25) is 11.0 Å². The van der Waals surface area contributed by atoms with Crippen molar-refractivity contribution in [1.82, 2.24) is 10.2 Å². The summed E-state index contributed by atoms with van der Waals surface area (Å²) in [7, 11) is 0. The van der Waals surface area contributed by atoms with E-state index >= 15 is 0 Å². The molecule has 1 amide bonds. The van der Waals surface area contributed by atoms with Gasteiger partial charge in [-0.15, -0.1) is 10.2 Å². The number of hydrogen-bond acceptors (Lipinski definition) is 6. The lowest BCUT2D eigenvalue weighted by atomic mass is 9.90. The van der Waals surface area contributed by atoms with E-state index in [9.17, 15) is 4.79 Å². The van der Waals surface area contributed by atoms with Crippen molar-refractivity contribution in [2.45, 2.75) is 44.4 Å². The van der Waals surface area contributed by atoms with Gasteiger partial charge in [-0.25, -0.2) is 0 Å². The Balaban J connectivity index is 1.36. The molecule has 0 saturated heterocycles. The molecule has 7 heteroatoms. The number of fused-ring (bicyclic) bond motifs is 1. The third kappa shape index (κ3) is 3.92. The van der Waals surface area contributed by atoms with Crippen LogP contribution in [0, 0.1) is 0 Å². The number of aromatic nitrogens is 2. The molecule has 0 atom stereocenters. The van der Waals surface area contributed by atoms with Crippen molar-refractivity contribution < 1.29 is 14.3 Å². The van der Waals surface area contributed by atoms with Gasteiger partial charge in [0.05, 0.1) is 6.42 Å². The van der Waals surface area contributed by atoms with Crippen molar-refractivity contribution in [2.75, 3.05) is 18.5 Å². The molecule has 0 radical (unpaired) electrons. The van der Waals surface area contributed by atoms with E-state index in [1.807, 2.05) is 18.2 Å². The van der Waals surface area contributed by atoms with Gasteiger partial charge in [0.1, 0.15) is 18.2 Å². The van der Waals surface area contributed by atoms with Gasteiger partial charge in [0.15, 0.2) is 11.5 Å². The van der Waals surface area contributed by atoms with Crippen molar-refractivity contribution >= 4 is 22.4 Å². The molecule has 1 aromatic heterocycles. The lowest BCUT2D eigenvalue weighted by Crippen LogP contribution is -2.17. The Labute approximate surface area is 150 Å². The Morgan fingerprint density at radius 1 is 1.12 bits per heavy atom. The minimum absolute atomic E-state index is 0.0944. The van der Waals surface area contributed by atoms with E-state index in [-0.39, 0.29) is 12.3 Å². The molecule has 2 aliphatic rings. The lowest BCUT2D eigenvalue weighted by molar-refractivity contribution is -0.115. The molecular weight excluding hydrogens is 338 g/mol. The monoisotopic (exact) mass is 359 g/mol. The van der Waals surface area contributed by atoms with Gasteiger partial charge in [-0.3, -0.25) is 4.79 Å². The maximum absolute atomic E-state index is 12.3. The fourth-order valence-corrected chi connectivity index (χ4v) is 4.27. The number of rotatable bonds is 4.